The van der Waals surface area contributed by atoms with Gasteiger partial charge in [-0.05, 0) is 93.9 Å². The highest BCUT2D eigenvalue weighted by atomic mass is 16.6. The molecule has 0 spiro atoms. The molecule has 1 aliphatic heterocycles. The van der Waals surface area contributed by atoms with E-state index in [0.29, 0.717) is 43.2 Å². The van der Waals surface area contributed by atoms with Gasteiger partial charge in [0.25, 0.3) is 0 Å². The van der Waals surface area contributed by atoms with E-state index in [1.54, 1.807) is 0 Å². The summed E-state index contributed by atoms with van der Waals surface area (Å²) in [4.78, 5) is 27.8. The molecule has 5 aliphatic carbocycles. The van der Waals surface area contributed by atoms with Crippen LogP contribution in [-0.2, 0) is 14.3 Å². The summed E-state index contributed by atoms with van der Waals surface area (Å²) in [7, 11) is 0. The van der Waals surface area contributed by atoms with Crippen LogP contribution in [0.5, 0.6) is 0 Å². The fraction of sp³-hybridized carbons (Fsp3) is 0.875. The van der Waals surface area contributed by atoms with E-state index in [1.165, 1.54) is 6.42 Å². The lowest BCUT2D eigenvalue weighted by molar-refractivity contribution is -0.203. The van der Waals surface area contributed by atoms with Crippen LogP contribution in [0.15, 0.2) is 0 Å². The van der Waals surface area contributed by atoms with Crippen LogP contribution in [-0.4, -0.2) is 41.0 Å². The van der Waals surface area contributed by atoms with Crippen molar-refractivity contribution in [3.8, 4) is 6.07 Å². The highest BCUT2D eigenvalue weighted by molar-refractivity contribution is 5.79. The largest absolute Gasteiger partial charge is 0.459 e. The number of carbonyl (C=O) groups excluding carboxylic acids is 2. The zero-order valence-electron chi connectivity index (χ0n) is 18.0. The summed E-state index contributed by atoms with van der Waals surface area (Å²) in [6.07, 6.45) is 11.9. The molecule has 6 aliphatic rings. The third-order valence-electron chi connectivity index (χ3n) is 8.61. The minimum atomic E-state index is -0.350. The van der Waals surface area contributed by atoms with Crippen molar-refractivity contribution in [1.82, 2.24) is 4.90 Å². The molecule has 5 saturated carbocycles. The highest BCUT2D eigenvalue weighted by Crippen LogP contribution is 2.64. The number of nitriles is 1. The van der Waals surface area contributed by atoms with Crippen LogP contribution in [0.4, 0.5) is 0 Å². The molecule has 30 heavy (non-hydrogen) atoms. The molecule has 1 saturated heterocycles. The summed E-state index contributed by atoms with van der Waals surface area (Å²) >= 11 is 0. The lowest BCUT2D eigenvalue weighted by Crippen LogP contribution is -2.58. The van der Waals surface area contributed by atoms with E-state index >= 15 is 0 Å². The van der Waals surface area contributed by atoms with Crippen molar-refractivity contribution < 1.29 is 14.3 Å². The van der Waals surface area contributed by atoms with Gasteiger partial charge in [-0.2, -0.15) is 5.26 Å². The molecule has 0 radical (unpaired) electrons. The minimum absolute atomic E-state index is 0.0338. The molecule has 5 unspecified atom stereocenters. The highest BCUT2D eigenvalue weighted by Gasteiger charge is 2.61. The number of nitrogens with two attached hydrogens (primary N) is 1. The Balaban J connectivity index is 1.25. The van der Waals surface area contributed by atoms with Gasteiger partial charge in [0.2, 0.25) is 5.91 Å². The minimum Gasteiger partial charge on any atom is -0.459 e. The van der Waals surface area contributed by atoms with Gasteiger partial charge in [0.05, 0.1) is 6.07 Å². The van der Waals surface area contributed by atoms with Crippen LogP contribution in [0.1, 0.15) is 83.5 Å². The van der Waals surface area contributed by atoms with Gasteiger partial charge in [-0.15, -0.1) is 0 Å². The molecular formula is C24H35N3O3. The molecule has 164 valence electrons. The van der Waals surface area contributed by atoms with Crippen LogP contribution in [0.2, 0.25) is 0 Å². The summed E-state index contributed by atoms with van der Waals surface area (Å²) in [5, 5.41) is 9.49. The molecule has 6 heteroatoms. The van der Waals surface area contributed by atoms with E-state index in [1.807, 2.05) is 4.90 Å². The Labute approximate surface area is 179 Å². The maximum atomic E-state index is 13.3. The maximum absolute atomic E-state index is 13.3. The van der Waals surface area contributed by atoms with E-state index < -0.39 is 0 Å². The first-order chi connectivity index (χ1) is 14.4. The van der Waals surface area contributed by atoms with Gasteiger partial charge in [0, 0.05) is 18.9 Å². The van der Waals surface area contributed by atoms with Crippen molar-refractivity contribution in [3.63, 3.8) is 0 Å². The average Bonchev–Trinajstić information content (AvgIpc) is 3.32. The van der Waals surface area contributed by atoms with Gasteiger partial charge in [-0.1, -0.05) is 6.42 Å². The fourth-order valence-electron chi connectivity index (χ4n) is 7.92. The summed E-state index contributed by atoms with van der Waals surface area (Å²) in [5.74, 6) is 1.81. The topological polar surface area (TPSA) is 96.4 Å². The summed E-state index contributed by atoms with van der Waals surface area (Å²) < 4.78 is 6.19. The Hall–Kier alpha value is -1.61. The molecule has 1 amide bonds. The van der Waals surface area contributed by atoms with Crippen molar-refractivity contribution in [3.05, 3.63) is 0 Å². The number of esters is 1. The molecule has 1 heterocycles. The molecule has 0 aromatic heterocycles. The van der Waals surface area contributed by atoms with Gasteiger partial charge in [0.1, 0.15) is 11.6 Å². The Kier molecular flexibility index (Phi) is 5.08. The Morgan fingerprint density at radius 3 is 2.53 bits per heavy atom. The normalized spacial score (nSPS) is 42.7. The van der Waals surface area contributed by atoms with Gasteiger partial charge in [-0.3, -0.25) is 9.59 Å². The van der Waals surface area contributed by atoms with Crippen LogP contribution >= 0.6 is 0 Å². The first kappa shape index (κ1) is 20.3. The number of ether oxygens (including phenoxy) is 1. The number of hydrogen-bond acceptors (Lipinski definition) is 5. The number of nitrogens with zero attached hydrogens (tertiary/aromatic N) is 2. The molecule has 0 aromatic rings. The van der Waals surface area contributed by atoms with Crippen LogP contribution in [0.3, 0.4) is 0 Å². The van der Waals surface area contributed by atoms with Gasteiger partial charge in [-0.25, -0.2) is 0 Å². The SMILES string of the molecule is N#CC1CC2CC2N1C(=O)CC12CC3CC(C1)CC(OC(=O)CCCCCN)(C3)C2. The van der Waals surface area contributed by atoms with E-state index in [0.717, 1.165) is 64.2 Å². The smallest absolute Gasteiger partial charge is 0.306 e. The number of likely N-dealkylation sites (tertiary alicyclic amines) is 1. The third kappa shape index (κ3) is 3.64. The number of hydrogen-bond donors (Lipinski definition) is 1. The van der Waals surface area contributed by atoms with Crippen LogP contribution in [0, 0.1) is 34.5 Å². The van der Waals surface area contributed by atoms with E-state index in [-0.39, 0.29) is 28.9 Å². The average molecular weight is 414 g/mol. The lowest BCUT2D eigenvalue weighted by Gasteiger charge is -2.61. The van der Waals surface area contributed by atoms with Crippen molar-refractivity contribution in [2.45, 2.75) is 101 Å². The van der Waals surface area contributed by atoms with Crippen LogP contribution < -0.4 is 5.73 Å². The number of amides is 1. The molecule has 0 aromatic carbocycles. The molecule has 6 rings (SSSR count). The predicted molar refractivity (Wildman–Crippen MR) is 111 cm³/mol. The van der Waals surface area contributed by atoms with Gasteiger partial charge >= 0.3 is 5.97 Å². The second kappa shape index (κ2) is 7.51. The maximum Gasteiger partial charge on any atom is 0.306 e. The molecule has 6 fully saturated rings. The second-order valence-corrected chi connectivity index (χ2v) is 11.1. The Morgan fingerprint density at radius 2 is 1.83 bits per heavy atom. The molecule has 4 bridgehead atoms. The van der Waals surface area contributed by atoms with Crippen molar-refractivity contribution in [2.75, 3.05) is 6.54 Å². The first-order valence-electron chi connectivity index (χ1n) is 12.1. The summed E-state index contributed by atoms with van der Waals surface area (Å²) in [6.45, 7) is 0.671. The lowest BCUT2D eigenvalue weighted by atomic mass is 9.47. The summed E-state index contributed by atoms with van der Waals surface area (Å²) in [6, 6.07) is 2.44. The van der Waals surface area contributed by atoms with E-state index in [4.69, 9.17) is 10.5 Å². The molecule has 2 N–H and O–H groups in total. The van der Waals surface area contributed by atoms with E-state index in [9.17, 15) is 14.9 Å². The van der Waals surface area contributed by atoms with Crippen molar-refractivity contribution >= 4 is 11.9 Å². The fourth-order valence-corrected chi connectivity index (χ4v) is 7.92. The zero-order valence-corrected chi connectivity index (χ0v) is 18.0. The van der Waals surface area contributed by atoms with Crippen LogP contribution in [0.25, 0.3) is 0 Å². The van der Waals surface area contributed by atoms with E-state index in [2.05, 4.69) is 6.07 Å². The Morgan fingerprint density at radius 1 is 1.07 bits per heavy atom. The quantitative estimate of drug-likeness (QED) is 0.486. The Bertz CT molecular complexity index is 745. The van der Waals surface area contributed by atoms with Crippen molar-refractivity contribution in [2.24, 2.45) is 28.9 Å². The molecular weight excluding hydrogens is 378 g/mol. The second-order valence-electron chi connectivity index (χ2n) is 11.1. The third-order valence-corrected chi connectivity index (χ3v) is 8.61. The number of carbonyl (C=O) groups is 2. The molecule has 5 atom stereocenters. The van der Waals surface area contributed by atoms with Gasteiger partial charge < -0.3 is 15.4 Å². The summed E-state index contributed by atoms with van der Waals surface area (Å²) in [5.41, 5.74) is 5.16. The number of rotatable bonds is 8. The monoisotopic (exact) mass is 413 g/mol. The van der Waals surface area contributed by atoms with Crippen molar-refractivity contribution in [1.29, 1.82) is 5.26 Å². The standard InChI is InChI=1S/C24H35N3O3/c25-5-3-1-2-4-22(29)30-24-11-16-6-17(12-24)10-23(9-16,15-24)13-21(28)27-19(14-26)7-18-8-20(18)27/h16-20H,1-13,15,25H2. The predicted octanol–water partition coefficient (Wildman–Crippen LogP) is 3.29. The number of fused-ring (bicyclic) bond motifs is 1. The first-order valence-corrected chi connectivity index (χ1v) is 12.1. The molecule has 6 nitrogen and oxygen atoms in total. The zero-order chi connectivity index (χ0) is 20.9. The van der Waals surface area contributed by atoms with Gasteiger partial charge in [0.15, 0.2) is 0 Å². The number of unbranched alkanes of at least 4 members (excludes halogenated alkanes) is 2. The number of piperidine rings is 1.